The highest BCUT2D eigenvalue weighted by atomic mass is 79.9. The molecule has 0 aromatic carbocycles. The van der Waals surface area contributed by atoms with Crippen LogP contribution in [0.2, 0.25) is 0 Å². The van der Waals surface area contributed by atoms with Crippen LogP contribution in [-0.2, 0) is 13.0 Å². The van der Waals surface area contributed by atoms with Crippen molar-refractivity contribution in [2.24, 2.45) is 0 Å². The molecule has 0 saturated carbocycles. The molecule has 0 spiro atoms. The highest BCUT2D eigenvalue weighted by molar-refractivity contribution is 9.11. The van der Waals surface area contributed by atoms with Gasteiger partial charge >= 0.3 is 0 Å². The van der Waals surface area contributed by atoms with Gasteiger partial charge in [0.15, 0.2) is 0 Å². The lowest BCUT2D eigenvalue weighted by Gasteiger charge is -2.00. The predicted octanol–water partition coefficient (Wildman–Crippen LogP) is 3.73. The van der Waals surface area contributed by atoms with Crippen LogP contribution >= 0.6 is 27.3 Å². The average molecular weight is 285 g/mol. The molecule has 2 heterocycles. The van der Waals surface area contributed by atoms with Crippen molar-refractivity contribution in [3.05, 3.63) is 39.5 Å². The zero-order valence-corrected chi connectivity index (χ0v) is 10.8. The van der Waals surface area contributed by atoms with Gasteiger partial charge in [0.05, 0.1) is 10.1 Å². The van der Waals surface area contributed by atoms with E-state index in [2.05, 4.69) is 37.6 Å². The Morgan fingerprint density at radius 2 is 2.27 bits per heavy atom. The Kier molecular flexibility index (Phi) is 3.97. The number of imidazole rings is 1. The van der Waals surface area contributed by atoms with Gasteiger partial charge < -0.3 is 4.57 Å². The number of unbranched alkanes of at least 4 members (excludes halogenated alkanes) is 1. The van der Waals surface area contributed by atoms with Gasteiger partial charge in [-0.15, -0.1) is 11.3 Å². The summed E-state index contributed by atoms with van der Waals surface area (Å²) in [6, 6.07) is 4.32. The summed E-state index contributed by atoms with van der Waals surface area (Å²) in [5.41, 5.74) is 0. The zero-order chi connectivity index (χ0) is 10.5. The van der Waals surface area contributed by atoms with Gasteiger partial charge in [-0.25, -0.2) is 4.98 Å². The Morgan fingerprint density at radius 1 is 1.33 bits per heavy atom. The lowest BCUT2D eigenvalue weighted by atomic mass is 10.2. The van der Waals surface area contributed by atoms with E-state index in [0.717, 1.165) is 6.54 Å². The van der Waals surface area contributed by atoms with E-state index >= 15 is 0 Å². The summed E-state index contributed by atoms with van der Waals surface area (Å²) in [6.45, 7) is 1.08. The zero-order valence-electron chi connectivity index (χ0n) is 8.40. The Morgan fingerprint density at radius 3 is 2.93 bits per heavy atom. The maximum Gasteiger partial charge on any atom is 0.0945 e. The van der Waals surface area contributed by atoms with Crippen molar-refractivity contribution < 1.29 is 0 Å². The van der Waals surface area contributed by atoms with E-state index in [1.54, 1.807) is 0 Å². The van der Waals surface area contributed by atoms with Crippen molar-refractivity contribution in [2.75, 3.05) is 0 Å². The lowest BCUT2D eigenvalue weighted by molar-refractivity contribution is 0.611. The number of thiophene rings is 1. The van der Waals surface area contributed by atoms with Crippen LogP contribution in [0.4, 0.5) is 0 Å². The Bertz CT molecular complexity index is 394. The van der Waals surface area contributed by atoms with Crippen LogP contribution in [0, 0.1) is 0 Å². The summed E-state index contributed by atoms with van der Waals surface area (Å²) in [4.78, 5) is 5.49. The summed E-state index contributed by atoms with van der Waals surface area (Å²) in [6.07, 6.45) is 9.36. The first-order chi connectivity index (χ1) is 7.34. The molecular formula is C11H13BrN2S. The fourth-order valence-corrected chi connectivity index (χ4v) is 3.02. The van der Waals surface area contributed by atoms with Crippen molar-refractivity contribution in [2.45, 2.75) is 25.8 Å². The molecule has 2 rings (SSSR count). The minimum absolute atomic E-state index is 1.08. The number of halogens is 1. The molecule has 4 heteroatoms. The van der Waals surface area contributed by atoms with Gasteiger partial charge in [0.1, 0.15) is 0 Å². The molecule has 0 aliphatic rings. The number of rotatable bonds is 5. The maximum absolute atomic E-state index is 4.02. The molecular weight excluding hydrogens is 272 g/mol. The molecule has 0 bridgehead atoms. The monoisotopic (exact) mass is 284 g/mol. The van der Waals surface area contributed by atoms with E-state index in [1.807, 2.05) is 30.1 Å². The highest BCUT2D eigenvalue weighted by Crippen LogP contribution is 2.23. The quantitative estimate of drug-likeness (QED) is 0.765. The third-order valence-corrected chi connectivity index (χ3v) is 3.96. The first-order valence-electron chi connectivity index (χ1n) is 5.04. The molecule has 0 aliphatic heterocycles. The van der Waals surface area contributed by atoms with Gasteiger partial charge in [-0.05, 0) is 47.3 Å². The van der Waals surface area contributed by atoms with E-state index in [-0.39, 0.29) is 0 Å². The second-order valence-corrected chi connectivity index (χ2v) is 6.01. The van der Waals surface area contributed by atoms with E-state index in [1.165, 1.54) is 27.9 Å². The maximum atomic E-state index is 4.02. The predicted molar refractivity (Wildman–Crippen MR) is 67.2 cm³/mol. The topological polar surface area (TPSA) is 17.8 Å². The molecule has 0 saturated heterocycles. The fourth-order valence-electron chi connectivity index (χ4n) is 1.50. The van der Waals surface area contributed by atoms with Crippen molar-refractivity contribution in [1.29, 1.82) is 0 Å². The van der Waals surface area contributed by atoms with Gasteiger partial charge in [-0.1, -0.05) is 0 Å². The SMILES string of the molecule is Brc1ccc(CCCCn2ccnc2)s1. The molecule has 0 aliphatic carbocycles. The third kappa shape index (κ3) is 3.47. The Balaban J connectivity index is 1.67. The van der Waals surface area contributed by atoms with Crippen LogP contribution in [0.5, 0.6) is 0 Å². The van der Waals surface area contributed by atoms with Crippen LogP contribution in [0.3, 0.4) is 0 Å². The Hall–Kier alpha value is -0.610. The van der Waals surface area contributed by atoms with Crippen molar-refractivity contribution >= 4 is 27.3 Å². The molecule has 0 fully saturated rings. The largest absolute Gasteiger partial charge is 0.337 e. The fraction of sp³-hybridized carbons (Fsp3) is 0.364. The molecule has 0 atom stereocenters. The molecule has 2 aromatic heterocycles. The van der Waals surface area contributed by atoms with Gasteiger partial charge in [0, 0.05) is 23.8 Å². The van der Waals surface area contributed by atoms with Gasteiger partial charge in [-0.3, -0.25) is 0 Å². The molecule has 0 amide bonds. The number of hydrogen-bond donors (Lipinski definition) is 0. The average Bonchev–Trinajstić information content (AvgIpc) is 2.84. The summed E-state index contributed by atoms with van der Waals surface area (Å²) < 4.78 is 3.36. The first-order valence-corrected chi connectivity index (χ1v) is 6.65. The van der Waals surface area contributed by atoms with Gasteiger partial charge in [0.25, 0.3) is 0 Å². The van der Waals surface area contributed by atoms with Crippen LogP contribution < -0.4 is 0 Å². The molecule has 80 valence electrons. The van der Waals surface area contributed by atoms with Crippen LogP contribution in [0.15, 0.2) is 34.6 Å². The van der Waals surface area contributed by atoms with E-state index in [9.17, 15) is 0 Å². The molecule has 0 radical (unpaired) electrons. The van der Waals surface area contributed by atoms with Gasteiger partial charge in [-0.2, -0.15) is 0 Å². The smallest absolute Gasteiger partial charge is 0.0945 e. The van der Waals surface area contributed by atoms with E-state index in [0.29, 0.717) is 0 Å². The second kappa shape index (κ2) is 5.47. The number of hydrogen-bond acceptors (Lipinski definition) is 2. The molecule has 2 nitrogen and oxygen atoms in total. The first kappa shape index (κ1) is 10.9. The molecule has 15 heavy (non-hydrogen) atoms. The summed E-state index contributed by atoms with van der Waals surface area (Å²) in [5, 5.41) is 0. The normalized spacial score (nSPS) is 10.7. The lowest BCUT2D eigenvalue weighted by Crippen LogP contribution is -1.94. The molecule has 0 N–H and O–H groups in total. The van der Waals surface area contributed by atoms with Crippen LogP contribution in [0.25, 0.3) is 0 Å². The van der Waals surface area contributed by atoms with E-state index < -0.39 is 0 Å². The van der Waals surface area contributed by atoms with Crippen molar-refractivity contribution in [1.82, 2.24) is 9.55 Å². The van der Waals surface area contributed by atoms with Gasteiger partial charge in [0.2, 0.25) is 0 Å². The van der Waals surface area contributed by atoms with Crippen molar-refractivity contribution in [3.63, 3.8) is 0 Å². The standard InChI is InChI=1S/C11H13BrN2S/c12-11-5-4-10(15-11)3-1-2-7-14-8-6-13-9-14/h4-6,8-9H,1-3,7H2. The Labute approximate surface area is 102 Å². The summed E-state index contributed by atoms with van der Waals surface area (Å²) >= 11 is 5.31. The number of aromatic nitrogens is 2. The minimum Gasteiger partial charge on any atom is -0.337 e. The minimum atomic E-state index is 1.08. The second-order valence-electron chi connectivity index (χ2n) is 3.46. The highest BCUT2D eigenvalue weighted by Gasteiger charge is 1.97. The summed E-state index contributed by atoms with van der Waals surface area (Å²) in [5.74, 6) is 0. The molecule has 0 unspecified atom stereocenters. The molecule has 2 aromatic rings. The summed E-state index contributed by atoms with van der Waals surface area (Å²) in [7, 11) is 0. The number of aryl methyl sites for hydroxylation is 2. The van der Waals surface area contributed by atoms with Crippen LogP contribution in [-0.4, -0.2) is 9.55 Å². The van der Waals surface area contributed by atoms with Crippen molar-refractivity contribution in [3.8, 4) is 0 Å². The third-order valence-electron chi connectivity index (χ3n) is 2.28. The van der Waals surface area contributed by atoms with Crippen LogP contribution in [0.1, 0.15) is 17.7 Å². The van der Waals surface area contributed by atoms with E-state index in [4.69, 9.17) is 0 Å². The number of nitrogens with zero attached hydrogens (tertiary/aromatic N) is 2.